The highest BCUT2D eigenvalue weighted by Gasteiger charge is 2.20. The maximum atomic E-state index is 4.92. The average molecular weight is 498 g/mol. The molecule has 154 valence electrons. The van der Waals surface area contributed by atoms with E-state index < -0.39 is 0 Å². The van der Waals surface area contributed by atoms with E-state index in [1.54, 1.807) is 6.26 Å². The van der Waals surface area contributed by atoms with Gasteiger partial charge in [0.1, 0.15) is 6.26 Å². The number of rotatable bonds is 5. The molecule has 0 saturated carbocycles. The molecule has 1 aromatic heterocycles. The van der Waals surface area contributed by atoms with Crippen molar-refractivity contribution in [1.29, 1.82) is 0 Å². The van der Waals surface area contributed by atoms with Gasteiger partial charge in [0.15, 0.2) is 5.96 Å². The second kappa shape index (κ2) is 10.7. The van der Waals surface area contributed by atoms with E-state index in [9.17, 15) is 0 Å². The first-order valence-corrected chi connectivity index (χ1v) is 9.41. The number of anilines is 1. The standard InChI is InChI=1S/C20H30N6O.HI/c1-16-13-19(24(3)4)6-5-17(16)14-22-20(21-2)26-10-8-25(9-11-26)15-18-7-12-27-23-18;/h5-7,12-13H,8-11,14-15H2,1-4H3,(H,21,22);1H. The summed E-state index contributed by atoms with van der Waals surface area (Å²) < 4.78 is 4.92. The highest BCUT2D eigenvalue weighted by atomic mass is 127. The summed E-state index contributed by atoms with van der Waals surface area (Å²) in [6, 6.07) is 8.51. The van der Waals surface area contributed by atoms with Gasteiger partial charge >= 0.3 is 0 Å². The van der Waals surface area contributed by atoms with E-state index in [4.69, 9.17) is 4.52 Å². The highest BCUT2D eigenvalue weighted by molar-refractivity contribution is 14.0. The van der Waals surface area contributed by atoms with Gasteiger partial charge in [0.05, 0.1) is 5.69 Å². The summed E-state index contributed by atoms with van der Waals surface area (Å²) in [6.45, 7) is 7.68. The van der Waals surface area contributed by atoms with Crippen LogP contribution < -0.4 is 10.2 Å². The summed E-state index contributed by atoms with van der Waals surface area (Å²) in [5.41, 5.74) is 4.81. The van der Waals surface area contributed by atoms with E-state index in [1.165, 1.54) is 16.8 Å². The molecule has 1 saturated heterocycles. The molecule has 2 aromatic rings. The number of hydrogen-bond acceptors (Lipinski definition) is 5. The number of halogens is 1. The van der Waals surface area contributed by atoms with Gasteiger partial charge < -0.3 is 19.6 Å². The summed E-state index contributed by atoms with van der Waals surface area (Å²) in [5.74, 6) is 0.965. The van der Waals surface area contributed by atoms with Crippen molar-refractivity contribution in [2.45, 2.75) is 20.0 Å². The third-order valence-corrected chi connectivity index (χ3v) is 5.04. The van der Waals surface area contributed by atoms with Crippen molar-refractivity contribution in [3.8, 4) is 0 Å². The molecule has 0 aliphatic carbocycles. The Morgan fingerprint density at radius 1 is 1.21 bits per heavy atom. The van der Waals surface area contributed by atoms with Crippen LogP contribution in [0.3, 0.4) is 0 Å². The van der Waals surface area contributed by atoms with Crippen LogP contribution in [0.4, 0.5) is 5.69 Å². The SMILES string of the molecule is CN=C(NCc1ccc(N(C)C)cc1C)N1CCN(Cc2ccon2)CC1.I. The van der Waals surface area contributed by atoms with Crippen LogP contribution in [-0.2, 0) is 13.1 Å². The Morgan fingerprint density at radius 2 is 1.96 bits per heavy atom. The lowest BCUT2D eigenvalue weighted by molar-refractivity contribution is 0.169. The van der Waals surface area contributed by atoms with Crippen LogP contribution in [0.15, 0.2) is 40.0 Å². The second-order valence-corrected chi connectivity index (χ2v) is 7.16. The number of piperazine rings is 1. The number of aromatic nitrogens is 1. The van der Waals surface area contributed by atoms with Crippen LogP contribution in [0.1, 0.15) is 16.8 Å². The van der Waals surface area contributed by atoms with Gasteiger partial charge in [-0.15, -0.1) is 24.0 Å². The Morgan fingerprint density at radius 3 is 2.54 bits per heavy atom. The van der Waals surface area contributed by atoms with Crippen LogP contribution in [0.2, 0.25) is 0 Å². The Kier molecular flexibility index (Phi) is 8.56. The molecule has 28 heavy (non-hydrogen) atoms. The number of hydrogen-bond donors (Lipinski definition) is 1. The summed E-state index contributed by atoms with van der Waals surface area (Å²) in [6.07, 6.45) is 1.63. The minimum Gasteiger partial charge on any atom is -0.378 e. The van der Waals surface area contributed by atoms with Gasteiger partial charge in [-0.1, -0.05) is 11.2 Å². The average Bonchev–Trinajstić information content (AvgIpc) is 3.17. The zero-order valence-electron chi connectivity index (χ0n) is 17.2. The summed E-state index contributed by atoms with van der Waals surface area (Å²) in [5, 5.41) is 7.52. The molecule has 1 aromatic carbocycles. The summed E-state index contributed by atoms with van der Waals surface area (Å²) >= 11 is 0. The number of aryl methyl sites for hydroxylation is 1. The van der Waals surface area contributed by atoms with E-state index in [0.717, 1.165) is 50.9 Å². The zero-order chi connectivity index (χ0) is 19.2. The Labute approximate surface area is 184 Å². The smallest absolute Gasteiger partial charge is 0.194 e. The fourth-order valence-corrected chi connectivity index (χ4v) is 3.33. The molecule has 1 aliphatic rings. The van der Waals surface area contributed by atoms with Crippen molar-refractivity contribution in [2.24, 2.45) is 4.99 Å². The van der Waals surface area contributed by atoms with E-state index in [1.807, 2.05) is 13.1 Å². The molecule has 3 rings (SSSR count). The fourth-order valence-electron chi connectivity index (χ4n) is 3.33. The van der Waals surface area contributed by atoms with Crippen molar-refractivity contribution in [3.05, 3.63) is 47.3 Å². The van der Waals surface area contributed by atoms with Crippen molar-refractivity contribution in [3.63, 3.8) is 0 Å². The van der Waals surface area contributed by atoms with Crippen molar-refractivity contribution >= 4 is 35.6 Å². The molecule has 2 heterocycles. The lowest BCUT2D eigenvalue weighted by Gasteiger charge is -2.36. The van der Waals surface area contributed by atoms with Crippen LogP contribution in [-0.4, -0.2) is 68.2 Å². The number of guanidine groups is 1. The molecule has 8 heteroatoms. The number of aliphatic imine (C=N–C) groups is 1. The monoisotopic (exact) mass is 498 g/mol. The first-order chi connectivity index (χ1) is 13.1. The van der Waals surface area contributed by atoms with Gasteiger partial charge in [0.25, 0.3) is 0 Å². The number of nitrogens with zero attached hydrogens (tertiary/aromatic N) is 5. The Hall–Kier alpha value is -1.81. The normalized spacial score (nSPS) is 15.3. The third-order valence-electron chi connectivity index (χ3n) is 5.04. The number of nitrogens with one attached hydrogen (secondary N) is 1. The quantitative estimate of drug-likeness (QED) is 0.389. The van der Waals surface area contributed by atoms with Crippen LogP contribution in [0.5, 0.6) is 0 Å². The molecule has 0 bridgehead atoms. The lowest BCUT2D eigenvalue weighted by atomic mass is 10.1. The maximum absolute atomic E-state index is 4.92. The predicted octanol–water partition coefficient (Wildman–Crippen LogP) is 2.56. The van der Waals surface area contributed by atoms with Crippen molar-refractivity contribution < 1.29 is 4.52 Å². The summed E-state index contributed by atoms with van der Waals surface area (Å²) in [4.78, 5) is 11.3. The predicted molar refractivity (Wildman–Crippen MR) is 124 cm³/mol. The molecule has 0 amide bonds. The van der Waals surface area contributed by atoms with Gasteiger partial charge in [-0.2, -0.15) is 0 Å². The van der Waals surface area contributed by atoms with Gasteiger partial charge in [-0.05, 0) is 30.2 Å². The van der Waals surface area contributed by atoms with Crippen molar-refractivity contribution in [2.75, 3.05) is 52.2 Å². The Balaban J connectivity index is 0.00000280. The second-order valence-electron chi connectivity index (χ2n) is 7.16. The molecular weight excluding hydrogens is 467 g/mol. The zero-order valence-corrected chi connectivity index (χ0v) is 19.5. The first-order valence-electron chi connectivity index (χ1n) is 9.41. The van der Waals surface area contributed by atoms with Crippen LogP contribution >= 0.6 is 24.0 Å². The van der Waals surface area contributed by atoms with E-state index >= 15 is 0 Å². The topological polar surface area (TPSA) is 60.1 Å². The molecule has 0 atom stereocenters. The minimum absolute atomic E-state index is 0. The molecule has 0 radical (unpaired) electrons. The largest absolute Gasteiger partial charge is 0.378 e. The third kappa shape index (κ3) is 5.84. The molecule has 1 N–H and O–H groups in total. The number of benzene rings is 1. The van der Waals surface area contributed by atoms with Gasteiger partial charge in [-0.3, -0.25) is 9.89 Å². The van der Waals surface area contributed by atoms with Gasteiger partial charge in [0.2, 0.25) is 0 Å². The minimum atomic E-state index is 0. The van der Waals surface area contributed by atoms with Crippen molar-refractivity contribution in [1.82, 2.24) is 20.3 Å². The van der Waals surface area contributed by atoms with Gasteiger partial charge in [-0.25, -0.2) is 0 Å². The van der Waals surface area contributed by atoms with Crippen LogP contribution in [0.25, 0.3) is 0 Å². The van der Waals surface area contributed by atoms with Gasteiger partial charge in [0, 0.05) is 72.2 Å². The van der Waals surface area contributed by atoms with Crippen LogP contribution in [0, 0.1) is 6.92 Å². The Bertz CT molecular complexity index is 754. The molecule has 1 fully saturated rings. The molecule has 7 nitrogen and oxygen atoms in total. The molecule has 0 unspecified atom stereocenters. The first kappa shape index (κ1) is 22.5. The molecular formula is C20H31IN6O. The fraction of sp³-hybridized carbons (Fsp3) is 0.500. The molecule has 1 aliphatic heterocycles. The van der Waals surface area contributed by atoms with E-state index in [-0.39, 0.29) is 24.0 Å². The summed E-state index contributed by atoms with van der Waals surface area (Å²) in [7, 11) is 5.99. The highest BCUT2D eigenvalue weighted by Crippen LogP contribution is 2.17. The molecule has 0 spiro atoms. The maximum Gasteiger partial charge on any atom is 0.194 e. The van der Waals surface area contributed by atoms with E-state index in [0.29, 0.717) is 0 Å². The lowest BCUT2D eigenvalue weighted by Crippen LogP contribution is -2.52. The van der Waals surface area contributed by atoms with E-state index in [2.05, 4.69) is 69.4 Å².